The zero-order valence-electron chi connectivity index (χ0n) is 11.5. The zero-order chi connectivity index (χ0) is 13.8. The Morgan fingerprint density at radius 1 is 0.750 bits per heavy atom. The second kappa shape index (κ2) is 5.70. The molecule has 20 heavy (non-hydrogen) atoms. The van der Waals surface area contributed by atoms with Crippen molar-refractivity contribution >= 4 is 0 Å². The first-order chi connectivity index (χ1) is 9.86. The maximum absolute atomic E-state index is 4.49. The first kappa shape index (κ1) is 12.6. The van der Waals surface area contributed by atoms with E-state index >= 15 is 0 Å². The Labute approximate surface area is 119 Å². The molecule has 1 nitrogen and oxygen atoms in total. The molecule has 0 spiro atoms. The van der Waals surface area contributed by atoms with Crippen molar-refractivity contribution < 1.29 is 0 Å². The van der Waals surface area contributed by atoms with E-state index in [1.807, 2.05) is 18.3 Å². The van der Waals surface area contributed by atoms with Crippen molar-refractivity contribution in [3.05, 3.63) is 90.1 Å². The lowest BCUT2D eigenvalue weighted by Crippen LogP contribution is -1.99. The van der Waals surface area contributed by atoms with Crippen LogP contribution in [0, 0.1) is 0 Å². The standard InChI is InChI=1S/C19H17N/c1-15(16-9-3-2-4-10-16)17-11-5-6-12-18(17)19-13-7-8-14-20-19/h2-15H,1H3/t15-/m1/s1. The van der Waals surface area contributed by atoms with Gasteiger partial charge in [-0.3, -0.25) is 4.98 Å². The minimum atomic E-state index is 0.356. The van der Waals surface area contributed by atoms with E-state index in [-0.39, 0.29) is 0 Å². The van der Waals surface area contributed by atoms with Gasteiger partial charge in [0.1, 0.15) is 0 Å². The Bertz CT molecular complexity index is 674. The third-order valence-electron chi connectivity index (χ3n) is 3.67. The predicted octanol–water partition coefficient (Wildman–Crippen LogP) is 4.90. The molecule has 0 aliphatic heterocycles. The van der Waals surface area contributed by atoms with Crippen LogP contribution in [0.15, 0.2) is 79.0 Å². The number of rotatable bonds is 3. The van der Waals surface area contributed by atoms with Gasteiger partial charge in [0.2, 0.25) is 0 Å². The average molecular weight is 259 g/mol. The highest BCUT2D eigenvalue weighted by Crippen LogP contribution is 2.31. The number of aromatic nitrogens is 1. The predicted molar refractivity (Wildman–Crippen MR) is 83.6 cm³/mol. The van der Waals surface area contributed by atoms with Crippen LogP contribution in [0.4, 0.5) is 0 Å². The maximum atomic E-state index is 4.49. The van der Waals surface area contributed by atoms with E-state index in [0.717, 1.165) is 5.69 Å². The molecule has 0 saturated heterocycles. The minimum absolute atomic E-state index is 0.356. The molecule has 0 aliphatic carbocycles. The van der Waals surface area contributed by atoms with Crippen LogP contribution in [0.1, 0.15) is 24.0 Å². The third kappa shape index (κ3) is 2.48. The Morgan fingerprint density at radius 2 is 1.45 bits per heavy atom. The van der Waals surface area contributed by atoms with E-state index in [1.165, 1.54) is 16.7 Å². The monoisotopic (exact) mass is 259 g/mol. The minimum Gasteiger partial charge on any atom is -0.256 e. The van der Waals surface area contributed by atoms with Gasteiger partial charge in [-0.15, -0.1) is 0 Å². The fourth-order valence-corrected chi connectivity index (χ4v) is 2.55. The van der Waals surface area contributed by atoms with Crippen LogP contribution in [0.5, 0.6) is 0 Å². The SMILES string of the molecule is C[C@H](c1ccccc1)c1ccccc1-c1ccccn1. The van der Waals surface area contributed by atoms with Crippen molar-refractivity contribution in [2.45, 2.75) is 12.8 Å². The summed E-state index contributed by atoms with van der Waals surface area (Å²) >= 11 is 0. The molecule has 0 fully saturated rings. The quantitative estimate of drug-likeness (QED) is 0.652. The normalized spacial score (nSPS) is 12.1. The van der Waals surface area contributed by atoms with E-state index in [9.17, 15) is 0 Å². The Balaban J connectivity index is 2.07. The molecule has 0 aliphatic rings. The van der Waals surface area contributed by atoms with Crippen LogP contribution in [-0.4, -0.2) is 4.98 Å². The van der Waals surface area contributed by atoms with Gasteiger partial charge in [0.15, 0.2) is 0 Å². The molecule has 3 aromatic rings. The molecule has 0 radical (unpaired) electrons. The Kier molecular flexibility index (Phi) is 3.60. The Hall–Kier alpha value is -2.41. The second-order valence-corrected chi connectivity index (χ2v) is 4.93. The summed E-state index contributed by atoms with van der Waals surface area (Å²) in [6.07, 6.45) is 1.85. The average Bonchev–Trinajstić information content (AvgIpc) is 2.56. The van der Waals surface area contributed by atoms with E-state index in [0.29, 0.717) is 5.92 Å². The van der Waals surface area contributed by atoms with Crippen molar-refractivity contribution in [3.63, 3.8) is 0 Å². The van der Waals surface area contributed by atoms with Crippen LogP contribution in [0.2, 0.25) is 0 Å². The molecular formula is C19H17N. The highest BCUT2D eigenvalue weighted by Gasteiger charge is 2.13. The van der Waals surface area contributed by atoms with Crippen LogP contribution >= 0.6 is 0 Å². The van der Waals surface area contributed by atoms with Crippen molar-refractivity contribution in [1.29, 1.82) is 0 Å². The summed E-state index contributed by atoms with van der Waals surface area (Å²) < 4.78 is 0. The number of hydrogen-bond donors (Lipinski definition) is 0. The second-order valence-electron chi connectivity index (χ2n) is 4.93. The molecule has 0 amide bonds. The molecule has 0 saturated carbocycles. The molecule has 0 N–H and O–H groups in total. The molecule has 1 aromatic heterocycles. The van der Waals surface area contributed by atoms with E-state index < -0.39 is 0 Å². The van der Waals surface area contributed by atoms with Gasteiger partial charge in [0.25, 0.3) is 0 Å². The summed E-state index contributed by atoms with van der Waals surface area (Å²) in [6, 6.07) is 25.2. The summed E-state index contributed by atoms with van der Waals surface area (Å²) in [5.74, 6) is 0.356. The summed E-state index contributed by atoms with van der Waals surface area (Å²) in [6.45, 7) is 2.25. The van der Waals surface area contributed by atoms with E-state index in [1.54, 1.807) is 0 Å². The van der Waals surface area contributed by atoms with Crippen LogP contribution in [-0.2, 0) is 0 Å². The molecule has 1 heterocycles. The molecule has 1 heteroatoms. The summed E-state index contributed by atoms with van der Waals surface area (Å²) in [7, 11) is 0. The summed E-state index contributed by atoms with van der Waals surface area (Å²) in [5.41, 5.74) is 4.89. The smallest absolute Gasteiger partial charge is 0.0704 e. The van der Waals surface area contributed by atoms with E-state index in [4.69, 9.17) is 0 Å². The van der Waals surface area contributed by atoms with Crippen LogP contribution in [0.25, 0.3) is 11.3 Å². The van der Waals surface area contributed by atoms with Gasteiger partial charge in [0.05, 0.1) is 5.69 Å². The highest BCUT2D eigenvalue weighted by atomic mass is 14.7. The highest BCUT2D eigenvalue weighted by molar-refractivity contribution is 5.65. The van der Waals surface area contributed by atoms with Gasteiger partial charge in [-0.25, -0.2) is 0 Å². The van der Waals surface area contributed by atoms with Crippen LogP contribution < -0.4 is 0 Å². The van der Waals surface area contributed by atoms with Gasteiger partial charge in [-0.05, 0) is 23.3 Å². The lowest BCUT2D eigenvalue weighted by Gasteiger charge is -2.16. The molecular weight excluding hydrogens is 242 g/mol. The van der Waals surface area contributed by atoms with Gasteiger partial charge in [-0.2, -0.15) is 0 Å². The lowest BCUT2D eigenvalue weighted by molar-refractivity contribution is 0.923. The fourth-order valence-electron chi connectivity index (χ4n) is 2.55. The van der Waals surface area contributed by atoms with Gasteiger partial charge in [0, 0.05) is 17.7 Å². The fraction of sp³-hybridized carbons (Fsp3) is 0.105. The van der Waals surface area contributed by atoms with Gasteiger partial charge in [-0.1, -0.05) is 67.6 Å². The lowest BCUT2D eigenvalue weighted by atomic mass is 9.88. The largest absolute Gasteiger partial charge is 0.256 e. The maximum Gasteiger partial charge on any atom is 0.0704 e. The number of pyridine rings is 1. The molecule has 0 bridgehead atoms. The van der Waals surface area contributed by atoms with Gasteiger partial charge < -0.3 is 0 Å². The zero-order valence-corrected chi connectivity index (χ0v) is 11.5. The summed E-state index contributed by atoms with van der Waals surface area (Å²) in [5, 5.41) is 0. The first-order valence-corrected chi connectivity index (χ1v) is 6.91. The van der Waals surface area contributed by atoms with Crippen molar-refractivity contribution in [1.82, 2.24) is 4.98 Å². The Morgan fingerprint density at radius 3 is 2.20 bits per heavy atom. The summed E-state index contributed by atoms with van der Waals surface area (Å²) in [4.78, 5) is 4.49. The molecule has 3 rings (SSSR count). The third-order valence-corrected chi connectivity index (χ3v) is 3.67. The molecule has 98 valence electrons. The molecule has 1 atom stereocenters. The van der Waals surface area contributed by atoms with E-state index in [2.05, 4.69) is 72.6 Å². The number of hydrogen-bond acceptors (Lipinski definition) is 1. The first-order valence-electron chi connectivity index (χ1n) is 6.91. The topological polar surface area (TPSA) is 12.9 Å². The molecule has 2 aromatic carbocycles. The molecule has 0 unspecified atom stereocenters. The number of nitrogens with zero attached hydrogens (tertiary/aromatic N) is 1. The van der Waals surface area contributed by atoms with Crippen molar-refractivity contribution in [2.24, 2.45) is 0 Å². The van der Waals surface area contributed by atoms with Crippen molar-refractivity contribution in [2.75, 3.05) is 0 Å². The van der Waals surface area contributed by atoms with Crippen LogP contribution in [0.3, 0.4) is 0 Å². The number of benzene rings is 2. The van der Waals surface area contributed by atoms with Crippen molar-refractivity contribution in [3.8, 4) is 11.3 Å². The van der Waals surface area contributed by atoms with Gasteiger partial charge >= 0.3 is 0 Å².